The maximum absolute atomic E-state index is 12.5. The van der Waals surface area contributed by atoms with Crippen molar-refractivity contribution in [3.05, 3.63) is 58.1 Å². The number of anilines is 1. The molecular weight excluding hydrogens is 439 g/mol. The molecule has 160 valence electrons. The lowest BCUT2D eigenvalue weighted by Gasteiger charge is -2.34. The smallest absolute Gasteiger partial charge is 0.387 e. The second kappa shape index (κ2) is 10.1. The minimum Gasteiger partial charge on any atom is -0.433 e. The first-order valence-corrected chi connectivity index (χ1v) is 9.89. The van der Waals surface area contributed by atoms with Crippen molar-refractivity contribution in [2.45, 2.75) is 6.61 Å². The lowest BCUT2D eigenvalue weighted by atomic mass is 10.2. The summed E-state index contributed by atoms with van der Waals surface area (Å²) in [5, 5.41) is 3.15. The highest BCUT2D eigenvalue weighted by Gasteiger charge is 2.23. The standard InChI is InChI=1S/C20H19Cl2F2N3O3/c21-14-3-1-2-13(10-14)19(29)27-8-6-26(7-9-27)12-18(28)25-15-4-5-17(16(22)11-15)30-20(23)24/h1-5,10-11,20H,6-9,12H2,(H,25,28). The van der Waals surface area contributed by atoms with Crippen LogP contribution in [0, 0.1) is 0 Å². The molecule has 0 bridgehead atoms. The molecule has 0 aromatic heterocycles. The predicted molar refractivity (Wildman–Crippen MR) is 111 cm³/mol. The first-order valence-electron chi connectivity index (χ1n) is 9.13. The van der Waals surface area contributed by atoms with E-state index in [0.29, 0.717) is 42.5 Å². The molecule has 0 saturated carbocycles. The van der Waals surface area contributed by atoms with Crippen molar-refractivity contribution >= 4 is 40.7 Å². The Morgan fingerprint density at radius 1 is 1.07 bits per heavy atom. The molecule has 0 radical (unpaired) electrons. The van der Waals surface area contributed by atoms with Gasteiger partial charge in [0.05, 0.1) is 11.6 Å². The summed E-state index contributed by atoms with van der Waals surface area (Å²) in [6.45, 7) is -0.781. The molecule has 1 fully saturated rings. The Hall–Kier alpha value is -2.42. The van der Waals surface area contributed by atoms with Crippen molar-refractivity contribution in [1.29, 1.82) is 0 Å². The molecule has 0 atom stereocenters. The minimum atomic E-state index is -2.98. The zero-order chi connectivity index (χ0) is 21.7. The van der Waals surface area contributed by atoms with Gasteiger partial charge in [0, 0.05) is 42.5 Å². The molecule has 3 rings (SSSR count). The first kappa shape index (κ1) is 22.3. The second-order valence-corrected chi connectivity index (χ2v) is 7.49. The Kier molecular flexibility index (Phi) is 7.47. The number of amides is 2. The van der Waals surface area contributed by atoms with E-state index >= 15 is 0 Å². The molecule has 0 spiro atoms. The number of nitrogens with zero attached hydrogens (tertiary/aromatic N) is 2. The molecule has 30 heavy (non-hydrogen) atoms. The van der Waals surface area contributed by atoms with Gasteiger partial charge in [-0.15, -0.1) is 0 Å². The number of benzene rings is 2. The van der Waals surface area contributed by atoms with Crippen molar-refractivity contribution in [3.63, 3.8) is 0 Å². The quantitative estimate of drug-likeness (QED) is 0.712. The van der Waals surface area contributed by atoms with Crippen molar-refractivity contribution in [2.24, 2.45) is 0 Å². The number of carbonyl (C=O) groups excluding carboxylic acids is 2. The third-order valence-corrected chi connectivity index (χ3v) is 5.06. The second-order valence-electron chi connectivity index (χ2n) is 6.65. The van der Waals surface area contributed by atoms with Crippen molar-refractivity contribution < 1.29 is 23.1 Å². The Bertz CT molecular complexity index is 922. The van der Waals surface area contributed by atoms with E-state index in [1.54, 1.807) is 29.2 Å². The number of hydrogen-bond donors (Lipinski definition) is 1. The van der Waals surface area contributed by atoms with Crippen LogP contribution in [0.25, 0.3) is 0 Å². The van der Waals surface area contributed by atoms with Gasteiger partial charge < -0.3 is 15.0 Å². The molecule has 0 unspecified atom stereocenters. The maximum Gasteiger partial charge on any atom is 0.387 e. The zero-order valence-corrected chi connectivity index (χ0v) is 17.3. The fourth-order valence-corrected chi connectivity index (χ4v) is 3.50. The molecule has 1 aliphatic rings. The molecule has 1 N–H and O–H groups in total. The summed E-state index contributed by atoms with van der Waals surface area (Å²) in [5.41, 5.74) is 0.909. The normalized spacial score (nSPS) is 14.6. The van der Waals surface area contributed by atoms with Crippen molar-refractivity contribution in [1.82, 2.24) is 9.80 Å². The lowest BCUT2D eigenvalue weighted by Crippen LogP contribution is -2.50. The van der Waals surface area contributed by atoms with Crippen LogP contribution in [0.15, 0.2) is 42.5 Å². The molecule has 6 nitrogen and oxygen atoms in total. The van der Waals surface area contributed by atoms with Gasteiger partial charge in [-0.1, -0.05) is 29.3 Å². The van der Waals surface area contributed by atoms with E-state index in [9.17, 15) is 18.4 Å². The largest absolute Gasteiger partial charge is 0.433 e. The van der Waals surface area contributed by atoms with Gasteiger partial charge in [0.2, 0.25) is 5.91 Å². The molecule has 1 saturated heterocycles. The molecule has 2 amide bonds. The molecule has 1 heterocycles. The molecule has 10 heteroatoms. The van der Waals surface area contributed by atoms with Crippen LogP contribution in [0.4, 0.5) is 14.5 Å². The summed E-state index contributed by atoms with van der Waals surface area (Å²) >= 11 is 11.8. The van der Waals surface area contributed by atoms with Gasteiger partial charge in [-0.25, -0.2) is 0 Å². The maximum atomic E-state index is 12.5. The third-order valence-electron chi connectivity index (χ3n) is 4.53. The van der Waals surface area contributed by atoms with Crippen LogP contribution >= 0.6 is 23.2 Å². The average Bonchev–Trinajstić information content (AvgIpc) is 2.70. The third kappa shape index (κ3) is 6.04. The van der Waals surface area contributed by atoms with Crippen LogP contribution in [-0.2, 0) is 4.79 Å². The number of alkyl halides is 2. The van der Waals surface area contributed by atoms with Crippen molar-refractivity contribution in [3.8, 4) is 5.75 Å². The molecule has 0 aliphatic carbocycles. The Balaban J connectivity index is 1.48. The highest BCUT2D eigenvalue weighted by atomic mass is 35.5. The van der Waals surface area contributed by atoms with Gasteiger partial charge in [-0.2, -0.15) is 8.78 Å². The molecule has 2 aromatic rings. The SMILES string of the molecule is O=C(CN1CCN(C(=O)c2cccc(Cl)c2)CC1)Nc1ccc(OC(F)F)c(Cl)c1. The zero-order valence-electron chi connectivity index (χ0n) is 15.8. The fourth-order valence-electron chi connectivity index (χ4n) is 3.09. The van der Waals surface area contributed by atoms with Gasteiger partial charge in [0.25, 0.3) is 5.91 Å². The highest BCUT2D eigenvalue weighted by molar-refractivity contribution is 6.32. The summed E-state index contributed by atoms with van der Waals surface area (Å²) in [4.78, 5) is 28.5. The van der Waals surface area contributed by atoms with E-state index in [4.69, 9.17) is 23.2 Å². The van der Waals surface area contributed by atoms with Gasteiger partial charge in [0.15, 0.2) is 0 Å². The molecular formula is C20H19Cl2F2N3O3. The van der Waals surface area contributed by atoms with E-state index in [1.807, 2.05) is 4.90 Å². The summed E-state index contributed by atoms with van der Waals surface area (Å²) in [6, 6.07) is 10.8. The first-order chi connectivity index (χ1) is 14.3. The summed E-state index contributed by atoms with van der Waals surface area (Å²) in [6.07, 6.45) is 0. The average molecular weight is 458 g/mol. The predicted octanol–water partition coefficient (Wildman–Crippen LogP) is 3.99. The van der Waals surface area contributed by atoms with E-state index in [0.717, 1.165) is 0 Å². The van der Waals surface area contributed by atoms with Gasteiger partial charge >= 0.3 is 6.61 Å². The topological polar surface area (TPSA) is 61.9 Å². The number of rotatable bonds is 6. The highest BCUT2D eigenvalue weighted by Crippen LogP contribution is 2.29. The number of hydrogen-bond acceptors (Lipinski definition) is 4. The number of piperazine rings is 1. The number of halogens is 4. The van der Waals surface area contributed by atoms with Crippen LogP contribution in [0.3, 0.4) is 0 Å². The summed E-state index contributed by atoms with van der Waals surface area (Å²) in [7, 11) is 0. The molecule has 2 aromatic carbocycles. The Morgan fingerprint density at radius 2 is 1.80 bits per heavy atom. The van der Waals surface area contributed by atoms with Gasteiger partial charge in [-0.3, -0.25) is 14.5 Å². The van der Waals surface area contributed by atoms with Crippen LogP contribution in [0.5, 0.6) is 5.75 Å². The summed E-state index contributed by atoms with van der Waals surface area (Å²) < 4.78 is 28.8. The van der Waals surface area contributed by atoms with Crippen LogP contribution < -0.4 is 10.1 Å². The van der Waals surface area contributed by atoms with E-state index in [2.05, 4.69) is 10.1 Å². The van der Waals surface area contributed by atoms with E-state index in [-0.39, 0.29) is 29.1 Å². The Morgan fingerprint density at radius 3 is 2.43 bits per heavy atom. The van der Waals surface area contributed by atoms with Crippen LogP contribution in [0.2, 0.25) is 10.0 Å². The van der Waals surface area contributed by atoms with Crippen LogP contribution in [-0.4, -0.2) is 60.9 Å². The van der Waals surface area contributed by atoms with E-state index in [1.165, 1.54) is 18.2 Å². The van der Waals surface area contributed by atoms with Gasteiger partial charge in [0.1, 0.15) is 5.75 Å². The number of nitrogens with one attached hydrogen (secondary N) is 1. The van der Waals surface area contributed by atoms with Crippen LogP contribution in [0.1, 0.15) is 10.4 Å². The molecule has 1 aliphatic heterocycles. The monoisotopic (exact) mass is 457 g/mol. The Labute approximate surface area is 182 Å². The van der Waals surface area contributed by atoms with Gasteiger partial charge in [-0.05, 0) is 36.4 Å². The van der Waals surface area contributed by atoms with Crippen molar-refractivity contribution in [2.75, 3.05) is 38.0 Å². The fraction of sp³-hybridized carbons (Fsp3) is 0.300. The van der Waals surface area contributed by atoms with E-state index < -0.39 is 6.61 Å². The number of carbonyl (C=O) groups is 2. The summed E-state index contributed by atoms with van der Waals surface area (Å²) in [5.74, 6) is -0.532. The minimum absolute atomic E-state index is 0.0266. The number of ether oxygens (including phenoxy) is 1. The lowest BCUT2D eigenvalue weighted by molar-refractivity contribution is -0.117.